The number of hydrogen-bond donors (Lipinski definition) is 0. The van der Waals surface area contributed by atoms with Crippen molar-refractivity contribution in [1.29, 1.82) is 0 Å². The Balaban J connectivity index is 1.59. The number of carbonyl (C=O) groups is 2. The molecule has 166 valence electrons. The van der Waals surface area contributed by atoms with E-state index in [4.69, 9.17) is 0 Å². The van der Waals surface area contributed by atoms with Crippen LogP contribution in [0.5, 0.6) is 0 Å². The minimum atomic E-state index is -3.70. The van der Waals surface area contributed by atoms with Crippen LogP contribution in [0.2, 0.25) is 0 Å². The Labute approximate surface area is 184 Å². The van der Waals surface area contributed by atoms with E-state index >= 15 is 0 Å². The Bertz CT molecular complexity index is 1040. The first-order valence-corrected chi connectivity index (χ1v) is 12.1. The van der Waals surface area contributed by atoms with Crippen molar-refractivity contribution in [3.8, 4) is 0 Å². The third kappa shape index (κ3) is 5.80. The maximum absolute atomic E-state index is 12.9. The van der Waals surface area contributed by atoms with E-state index in [0.29, 0.717) is 31.0 Å². The van der Waals surface area contributed by atoms with Crippen LogP contribution in [0.4, 0.5) is 0 Å². The minimum absolute atomic E-state index is 0.00670. The second-order valence-corrected chi connectivity index (χ2v) is 10.4. The maximum Gasteiger partial charge on any atom is 0.243 e. The van der Waals surface area contributed by atoms with Gasteiger partial charge in [0.05, 0.1) is 11.3 Å². The molecule has 2 aromatic rings. The fourth-order valence-electron chi connectivity index (χ4n) is 3.75. The highest BCUT2D eigenvalue weighted by molar-refractivity contribution is 7.89. The van der Waals surface area contributed by atoms with Gasteiger partial charge in [0.15, 0.2) is 5.78 Å². The molecule has 0 aliphatic carbocycles. The lowest BCUT2D eigenvalue weighted by atomic mass is 10.0. The van der Waals surface area contributed by atoms with Crippen LogP contribution >= 0.6 is 0 Å². The number of amides is 1. The van der Waals surface area contributed by atoms with Crippen LogP contribution in [0, 0.1) is 5.92 Å². The number of sulfonamides is 1. The third-order valence-electron chi connectivity index (χ3n) is 5.49. The molecule has 3 rings (SSSR count). The smallest absolute Gasteiger partial charge is 0.243 e. The largest absolute Gasteiger partial charge is 0.340 e. The molecule has 0 N–H and O–H groups in total. The standard InChI is InChI=1S/C24H30N2O4S/c1-18(2)15-20-7-9-21(10-8-20)16-24(28)25-11-13-26(14-12-25)31(29,30)23-6-4-5-22(17-23)19(3)27/h4-10,17-18H,11-16H2,1-3H3. The van der Waals surface area contributed by atoms with Crippen LogP contribution in [-0.4, -0.2) is 55.5 Å². The van der Waals surface area contributed by atoms with Gasteiger partial charge in [-0.2, -0.15) is 4.31 Å². The predicted molar refractivity (Wildman–Crippen MR) is 120 cm³/mol. The lowest BCUT2D eigenvalue weighted by Crippen LogP contribution is -2.50. The zero-order valence-corrected chi connectivity index (χ0v) is 19.2. The molecule has 1 aliphatic rings. The van der Waals surface area contributed by atoms with E-state index in [1.54, 1.807) is 17.0 Å². The lowest BCUT2D eigenvalue weighted by Gasteiger charge is -2.34. The van der Waals surface area contributed by atoms with Gasteiger partial charge in [-0.3, -0.25) is 9.59 Å². The van der Waals surface area contributed by atoms with Crippen molar-refractivity contribution in [3.05, 3.63) is 65.2 Å². The minimum Gasteiger partial charge on any atom is -0.340 e. The summed E-state index contributed by atoms with van der Waals surface area (Å²) >= 11 is 0. The molecule has 1 fully saturated rings. The number of carbonyl (C=O) groups excluding carboxylic acids is 2. The average molecular weight is 443 g/mol. The Hall–Kier alpha value is -2.51. The summed E-state index contributed by atoms with van der Waals surface area (Å²) in [6.45, 7) is 6.96. The van der Waals surface area contributed by atoms with E-state index in [1.165, 1.54) is 28.9 Å². The van der Waals surface area contributed by atoms with E-state index in [-0.39, 0.29) is 29.7 Å². The van der Waals surface area contributed by atoms with Crippen LogP contribution < -0.4 is 0 Å². The lowest BCUT2D eigenvalue weighted by molar-refractivity contribution is -0.131. The second kappa shape index (κ2) is 9.75. The Morgan fingerprint density at radius 3 is 2.13 bits per heavy atom. The fraction of sp³-hybridized carbons (Fsp3) is 0.417. The van der Waals surface area contributed by atoms with Gasteiger partial charge >= 0.3 is 0 Å². The molecule has 0 atom stereocenters. The Kier molecular flexibility index (Phi) is 7.28. The van der Waals surface area contributed by atoms with Crippen molar-refractivity contribution in [2.45, 2.75) is 38.5 Å². The molecule has 1 amide bonds. The van der Waals surface area contributed by atoms with Crippen LogP contribution in [0.3, 0.4) is 0 Å². The zero-order valence-electron chi connectivity index (χ0n) is 18.4. The molecule has 31 heavy (non-hydrogen) atoms. The fourth-order valence-corrected chi connectivity index (χ4v) is 5.22. The molecule has 0 bridgehead atoms. The number of Topliss-reactive ketones (excluding diaryl/α,β-unsaturated/α-hetero) is 1. The quantitative estimate of drug-likeness (QED) is 0.618. The van der Waals surface area contributed by atoms with E-state index in [1.807, 2.05) is 12.1 Å². The van der Waals surface area contributed by atoms with Crippen molar-refractivity contribution < 1.29 is 18.0 Å². The van der Waals surface area contributed by atoms with Gasteiger partial charge < -0.3 is 4.90 Å². The van der Waals surface area contributed by atoms with Crippen LogP contribution in [0.25, 0.3) is 0 Å². The maximum atomic E-state index is 12.9. The number of ketones is 1. The average Bonchev–Trinajstić information content (AvgIpc) is 2.75. The van der Waals surface area contributed by atoms with Gasteiger partial charge in [-0.1, -0.05) is 50.2 Å². The molecule has 0 spiro atoms. The third-order valence-corrected chi connectivity index (χ3v) is 7.39. The number of nitrogens with zero attached hydrogens (tertiary/aromatic N) is 2. The molecule has 0 saturated carbocycles. The van der Waals surface area contributed by atoms with Crippen molar-refractivity contribution in [1.82, 2.24) is 9.21 Å². The molecular formula is C24H30N2O4S. The normalized spacial score (nSPS) is 15.3. The molecular weight excluding hydrogens is 412 g/mol. The summed E-state index contributed by atoms with van der Waals surface area (Å²) in [5, 5.41) is 0. The van der Waals surface area contributed by atoms with Gasteiger partial charge in [0.25, 0.3) is 0 Å². The highest BCUT2D eigenvalue weighted by atomic mass is 32.2. The van der Waals surface area contributed by atoms with Crippen LogP contribution in [0.1, 0.15) is 42.3 Å². The van der Waals surface area contributed by atoms with E-state index < -0.39 is 10.0 Å². The summed E-state index contributed by atoms with van der Waals surface area (Å²) in [6, 6.07) is 14.2. The van der Waals surface area contributed by atoms with Crippen molar-refractivity contribution in [2.75, 3.05) is 26.2 Å². The van der Waals surface area contributed by atoms with E-state index in [0.717, 1.165) is 12.0 Å². The summed E-state index contributed by atoms with van der Waals surface area (Å²) in [5.74, 6) is 0.418. The summed E-state index contributed by atoms with van der Waals surface area (Å²) in [7, 11) is -3.70. The molecule has 0 radical (unpaired) electrons. The van der Waals surface area contributed by atoms with E-state index in [2.05, 4.69) is 26.0 Å². The highest BCUT2D eigenvalue weighted by Crippen LogP contribution is 2.20. The van der Waals surface area contributed by atoms with Gasteiger partial charge in [0.1, 0.15) is 0 Å². The SMILES string of the molecule is CC(=O)c1cccc(S(=O)(=O)N2CCN(C(=O)Cc3ccc(CC(C)C)cc3)CC2)c1. The molecule has 1 heterocycles. The summed E-state index contributed by atoms with van der Waals surface area (Å²) < 4.78 is 27.3. The number of hydrogen-bond acceptors (Lipinski definition) is 4. The van der Waals surface area contributed by atoms with Crippen molar-refractivity contribution in [3.63, 3.8) is 0 Å². The number of benzene rings is 2. The van der Waals surface area contributed by atoms with Crippen molar-refractivity contribution >= 4 is 21.7 Å². The molecule has 0 unspecified atom stereocenters. The molecule has 2 aromatic carbocycles. The van der Waals surface area contributed by atoms with Gasteiger partial charge in [0.2, 0.25) is 15.9 Å². The van der Waals surface area contributed by atoms with Gasteiger partial charge in [-0.15, -0.1) is 0 Å². The van der Waals surface area contributed by atoms with Crippen molar-refractivity contribution in [2.24, 2.45) is 5.92 Å². The molecule has 1 aliphatic heterocycles. The summed E-state index contributed by atoms with van der Waals surface area (Å²) in [5.41, 5.74) is 2.60. The number of rotatable bonds is 7. The Morgan fingerprint density at radius 1 is 0.935 bits per heavy atom. The summed E-state index contributed by atoms with van der Waals surface area (Å²) in [4.78, 5) is 26.1. The predicted octanol–water partition coefficient (Wildman–Crippen LogP) is 3.16. The first-order valence-electron chi connectivity index (χ1n) is 10.6. The van der Waals surface area contributed by atoms with Gasteiger partial charge in [-0.05, 0) is 42.5 Å². The topological polar surface area (TPSA) is 74.8 Å². The molecule has 1 saturated heterocycles. The van der Waals surface area contributed by atoms with Crippen LogP contribution in [0.15, 0.2) is 53.4 Å². The zero-order chi connectivity index (χ0) is 22.6. The molecule has 6 nitrogen and oxygen atoms in total. The van der Waals surface area contributed by atoms with Gasteiger partial charge in [-0.25, -0.2) is 8.42 Å². The summed E-state index contributed by atoms with van der Waals surface area (Å²) in [6.07, 6.45) is 1.33. The molecule has 0 aromatic heterocycles. The second-order valence-electron chi connectivity index (χ2n) is 8.46. The van der Waals surface area contributed by atoms with Gasteiger partial charge in [0, 0.05) is 31.7 Å². The Morgan fingerprint density at radius 2 is 1.55 bits per heavy atom. The first-order chi connectivity index (χ1) is 14.7. The molecule has 7 heteroatoms. The monoisotopic (exact) mass is 442 g/mol. The first kappa shape index (κ1) is 23.2. The number of piperazine rings is 1. The van der Waals surface area contributed by atoms with E-state index in [9.17, 15) is 18.0 Å². The van der Waals surface area contributed by atoms with Crippen LogP contribution in [-0.2, 0) is 27.7 Å². The highest BCUT2D eigenvalue weighted by Gasteiger charge is 2.30.